The van der Waals surface area contributed by atoms with E-state index >= 15 is 0 Å². The lowest BCUT2D eigenvalue weighted by Crippen LogP contribution is -2.42. The minimum Gasteiger partial charge on any atom is -0.379 e. The summed E-state index contributed by atoms with van der Waals surface area (Å²) in [6.07, 6.45) is 4.41. The quantitative estimate of drug-likeness (QED) is 0.766. The fourth-order valence-corrected chi connectivity index (χ4v) is 3.89. The van der Waals surface area contributed by atoms with Crippen molar-refractivity contribution in [1.29, 1.82) is 0 Å². The number of rotatable bonds is 3. The van der Waals surface area contributed by atoms with Gasteiger partial charge in [0.05, 0.1) is 13.2 Å². The Bertz CT molecular complexity index is 361. The number of piperidine rings is 1. The molecule has 0 aromatic heterocycles. The summed E-state index contributed by atoms with van der Waals surface area (Å²) in [6, 6.07) is 0. The van der Waals surface area contributed by atoms with E-state index in [1.807, 2.05) is 0 Å². The van der Waals surface area contributed by atoms with E-state index in [2.05, 4.69) is 21.7 Å². The summed E-state index contributed by atoms with van der Waals surface area (Å²) >= 11 is 0. The third-order valence-electron chi connectivity index (χ3n) is 5.58. The first-order valence-electron chi connectivity index (χ1n) is 8.43. The first-order chi connectivity index (χ1) is 10.2. The largest absolute Gasteiger partial charge is 0.379 e. The number of likely N-dealkylation sites (tertiary alicyclic amines) is 2. The summed E-state index contributed by atoms with van der Waals surface area (Å²) in [5, 5.41) is 0. The van der Waals surface area contributed by atoms with Gasteiger partial charge in [-0.1, -0.05) is 0 Å². The molecule has 3 heterocycles. The van der Waals surface area contributed by atoms with Gasteiger partial charge in [0.25, 0.3) is 0 Å². The molecule has 0 saturated carbocycles. The molecule has 0 bridgehead atoms. The van der Waals surface area contributed by atoms with E-state index in [1.165, 1.54) is 32.4 Å². The topological polar surface area (TPSA) is 36.0 Å². The van der Waals surface area contributed by atoms with Gasteiger partial charge in [-0.15, -0.1) is 0 Å². The molecule has 3 rings (SSSR count). The second-order valence-electron chi connectivity index (χ2n) is 7.07. The van der Waals surface area contributed by atoms with Crippen molar-refractivity contribution in [2.75, 3.05) is 66.1 Å². The fourth-order valence-electron chi connectivity index (χ4n) is 3.89. The molecule has 3 aliphatic heterocycles. The third-order valence-corrected chi connectivity index (χ3v) is 5.58. The maximum atomic E-state index is 12.4. The van der Waals surface area contributed by atoms with Crippen LogP contribution in [0.3, 0.4) is 0 Å². The highest BCUT2D eigenvalue weighted by Gasteiger charge is 2.41. The van der Waals surface area contributed by atoms with Crippen molar-refractivity contribution in [2.24, 2.45) is 5.41 Å². The predicted molar refractivity (Wildman–Crippen MR) is 82.2 cm³/mol. The van der Waals surface area contributed by atoms with Crippen LogP contribution in [0.5, 0.6) is 0 Å². The zero-order valence-electron chi connectivity index (χ0n) is 13.4. The predicted octanol–water partition coefficient (Wildman–Crippen LogP) is 0.653. The van der Waals surface area contributed by atoms with Crippen molar-refractivity contribution < 1.29 is 9.53 Å². The maximum absolute atomic E-state index is 12.4. The number of morpholine rings is 1. The van der Waals surface area contributed by atoms with Crippen LogP contribution in [-0.2, 0) is 9.53 Å². The zero-order valence-corrected chi connectivity index (χ0v) is 13.4. The van der Waals surface area contributed by atoms with Crippen LogP contribution in [0.2, 0.25) is 0 Å². The van der Waals surface area contributed by atoms with Crippen LogP contribution in [0, 0.1) is 5.41 Å². The second-order valence-corrected chi connectivity index (χ2v) is 7.07. The van der Waals surface area contributed by atoms with Gasteiger partial charge in [-0.3, -0.25) is 9.69 Å². The van der Waals surface area contributed by atoms with Gasteiger partial charge in [0.1, 0.15) is 0 Å². The highest BCUT2D eigenvalue weighted by atomic mass is 16.5. The van der Waals surface area contributed by atoms with Gasteiger partial charge >= 0.3 is 0 Å². The van der Waals surface area contributed by atoms with Gasteiger partial charge in [0.2, 0.25) is 5.91 Å². The Hall–Kier alpha value is -0.650. The first kappa shape index (κ1) is 15.3. The zero-order chi connectivity index (χ0) is 14.7. The van der Waals surface area contributed by atoms with Crippen LogP contribution < -0.4 is 0 Å². The van der Waals surface area contributed by atoms with Crippen molar-refractivity contribution in [3.8, 4) is 0 Å². The molecule has 5 nitrogen and oxygen atoms in total. The van der Waals surface area contributed by atoms with E-state index < -0.39 is 0 Å². The van der Waals surface area contributed by atoms with Gasteiger partial charge in [-0.25, -0.2) is 0 Å². The highest BCUT2D eigenvalue weighted by Crippen LogP contribution is 2.40. The van der Waals surface area contributed by atoms with Gasteiger partial charge in [-0.2, -0.15) is 0 Å². The summed E-state index contributed by atoms with van der Waals surface area (Å²) in [7, 11) is 2.20. The Morgan fingerprint density at radius 3 is 2.43 bits per heavy atom. The molecule has 120 valence electrons. The average molecular weight is 295 g/mol. The molecule has 0 unspecified atom stereocenters. The van der Waals surface area contributed by atoms with Gasteiger partial charge in [0.15, 0.2) is 0 Å². The molecule has 0 N–H and O–H groups in total. The van der Waals surface area contributed by atoms with Gasteiger partial charge in [0, 0.05) is 39.1 Å². The minimum absolute atomic E-state index is 0.359. The number of hydrogen-bond donors (Lipinski definition) is 0. The smallest absolute Gasteiger partial charge is 0.223 e. The first-order valence-corrected chi connectivity index (χ1v) is 8.43. The Morgan fingerprint density at radius 2 is 1.71 bits per heavy atom. The second kappa shape index (κ2) is 6.63. The number of carbonyl (C=O) groups excluding carboxylic acids is 1. The van der Waals surface area contributed by atoms with Crippen molar-refractivity contribution in [2.45, 2.75) is 25.7 Å². The Labute approximate surface area is 128 Å². The van der Waals surface area contributed by atoms with Crippen LogP contribution in [-0.4, -0.2) is 86.7 Å². The molecule has 3 saturated heterocycles. The van der Waals surface area contributed by atoms with E-state index in [4.69, 9.17) is 4.74 Å². The molecule has 0 aliphatic carbocycles. The summed E-state index contributed by atoms with van der Waals surface area (Å²) in [6.45, 7) is 8.84. The van der Waals surface area contributed by atoms with E-state index in [0.717, 1.165) is 45.9 Å². The highest BCUT2D eigenvalue weighted by molar-refractivity contribution is 5.76. The molecular weight excluding hydrogens is 266 g/mol. The Kier molecular flexibility index (Phi) is 4.82. The lowest BCUT2D eigenvalue weighted by Gasteiger charge is -2.37. The molecule has 0 atom stereocenters. The van der Waals surface area contributed by atoms with Crippen LogP contribution in [0.25, 0.3) is 0 Å². The lowest BCUT2D eigenvalue weighted by atomic mass is 9.78. The SMILES string of the molecule is CN1CCC2(CC1)CCN(C(=O)CCN1CCOCC1)C2. The molecule has 1 spiro atoms. The van der Waals surface area contributed by atoms with Crippen LogP contribution in [0.1, 0.15) is 25.7 Å². The standard InChI is InChI=1S/C16H29N3O2/c1-17-7-3-16(4-8-17)5-9-19(14-16)15(20)2-6-18-10-12-21-13-11-18/h2-14H2,1H3. The summed E-state index contributed by atoms with van der Waals surface area (Å²) in [4.78, 5) is 19.3. The van der Waals surface area contributed by atoms with Crippen molar-refractivity contribution in [1.82, 2.24) is 14.7 Å². The molecule has 5 heteroatoms. The summed E-state index contributed by atoms with van der Waals surface area (Å²) in [5.41, 5.74) is 0.432. The van der Waals surface area contributed by atoms with E-state index in [1.54, 1.807) is 0 Å². The van der Waals surface area contributed by atoms with E-state index in [-0.39, 0.29) is 0 Å². The van der Waals surface area contributed by atoms with Crippen LogP contribution in [0.4, 0.5) is 0 Å². The normalized spacial score (nSPS) is 27.4. The van der Waals surface area contributed by atoms with Crippen molar-refractivity contribution in [3.63, 3.8) is 0 Å². The number of nitrogens with zero attached hydrogens (tertiary/aromatic N) is 3. The molecular formula is C16H29N3O2. The van der Waals surface area contributed by atoms with Gasteiger partial charge < -0.3 is 14.5 Å². The molecule has 0 radical (unpaired) electrons. The monoisotopic (exact) mass is 295 g/mol. The fraction of sp³-hybridized carbons (Fsp3) is 0.938. The summed E-state index contributed by atoms with van der Waals surface area (Å²) < 4.78 is 5.35. The molecule has 3 aliphatic rings. The van der Waals surface area contributed by atoms with Gasteiger partial charge in [-0.05, 0) is 44.8 Å². The maximum Gasteiger partial charge on any atom is 0.223 e. The number of carbonyl (C=O) groups is 1. The van der Waals surface area contributed by atoms with E-state index in [9.17, 15) is 4.79 Å². The number of amides is 1. The molecule has 0 aromatic rings. The third kappa shape index (κ3) is 3.76. The van der Waals surface area contributed by atoms with Crippen LogP contribution >= 0.6 is 0 Å². The average Bonchev–Trinajstić information content (AvgIpc) is 2.93. The molecule has 0 aromatic carbocycles. The number of hydrogen-bond acceptors (Lipinski definition) is 4. The summed E-state index contributed by atoms with van der Waals surface area (Å²) in [5.74, 6) is 0.359. The number of ether oxygens (including phenoxy) is 1. The molecule has 21 heavy (non-hydrogen) atoms. The minimum atomic E-state index is 0.359. The van der Waals surface area contributed by atoms with E-state index in [0.29, 0.717) is 17.7 Å². The Balaban J connectivity index is 1.43. The van der Waals surface area contributed by atoms with Crippen molar-refractivity contribution in [3.05, 3.63) is 0 Å². The Morgan fingerprint density at radius 1 is 1.05 bits per heavy atom. The van der Waals surface area contributed by atoms with Crippen LogP contribution in [0.15, 0.2) is 0 Å². The molecule has 3 fully saturated rings. The lowest BCUT2D eigenvalue weighted by molar-refractivity contribution is -0.131. The molecule has 1 amide bonds. The van der Waals surface area contributed by atoms with Crippen molar-refractivity contribution >= 4 is 5.91 Å².